The van der Waals surface area contributed by atoms with Crippen LogP contribution in [-0.2, 0) is 7.05 Å². The van der Waals surface area contributed by atoms with Gasteiger partial charge < -0.3 is 9.47 Å². The van der Waals surface area contributed by atoms with E-state index in [4.69, 9.17) is 0 Å². The first-order valence-electron chi connectivity index (χ1n) is 6.77. The van der Waals surface area contributed by atoms with Crippen LogP contribution in [0.15, 0.2) is 23.1 Å². The predicted molar refractivity (Wildman–Crippen MR) is 77.3 cm³/mol. The van der Waals surface area contributed by atoms with Crippen LogP contribution < -0.4 is 5.56 Å². The second-order valence-electron chi connectivity index (χ2n) is 5.84. The summed E-state index contributed by atoms with van der Waals surface area (Å²) in [7, 11) is 1.66. The molecule has 1 aromatic heterocycles. The number of pyridine rings is 1. The molecule has 0 fully saturated rings. The lowest BCUT2D eigenvalue weighted by molar-refractivity contribution is 0.0712. The zero-order valence-corrected chi connectivity index (χ0v) is 12.5. The summed E-state index contributed by atoms with van der Waals surface area (Å²) < 4.78 is 1.44. The van der Waals surface area contributed by atoms with Crippen LogP contribution in [0.3, 0.4) is 0 Å². The maximum Gasteiger partial charge on any atom is 0.263 e. The molecule has 1 heterocycles. The highest BCUT2D eigenvalue weighted by Gasteiger charge is 2.20. The molecular formula is C15H24N2O2. The predicted octanol–water partition coefficient (Wildman–Crippen LogP) is 2.14. The molecule has 106 valence electrons. The number of hydrogen-bond acceptors (Lipinski definition) is 2. The van der Waals surface area contributed by atoms with Crippen LogP contribution in [0.1, 0.15) is 38.1 Å². The Morgan fingerprint density at radius 2 is 1.74 bits per heavy atom. The number of aromatic nitrogens is 1. The molecule has 1 aromatic rings. The van der Waals surface area contributed by atoms with Gasteiger partial charge in [0.15, 0.2) is 0 Å². The maximum atomic E-state index is 12.5. The number of hydrogen-bond donors (Lipinski definition) is 0. The van der Waals surface area contributed by atoms with Gasteiger partial charge in [0.2, 0.25) is 0 Å². The van der Waals surface area contributed by atoms with E-state index in [1.807, 2.05) is 0 Å². The lowest BCUT2D eigenvalue weighted by atomic mass is 10.1. The molecule has 0 bridgehead atoms. The van der Waals surface area contributed by atoms with Crippen molar-refractivity contribution in [3.63, 3.8) is 0 Å². The number of rotatable bonds is 5. The van der Waals surface area contributed by atoms with E-state index >= 15 is 0 Å². The third-order valence-electron chi connectivity index (χ3n) is 2.81. The van der Waals surface area contributed by atoms with E-state index < -0.39 is 0 Å². The van der Waals surface area contributed by atoms with E-state index in [1.165, 1.54) is 4.57 Å². The summed E-state index contributed by atoms with van der Waals surface area (Å²) in [6, 6.07) is 3.34. The van der Waals surface area contributed by atoms with Gasteiger partial charge in [0.05, 0.1) is 0 Å². The SMILES string of the molecule is CC(C)CN(CC(C)C)C(=O)c1cccn(C)c1=O. The number of nitrogens with zero attached hydrogens (tertiary/aromatic N) is 2. The van der Waals surface area contributed by atoms with Crippen molar-refractivity contribution in [2.75, 3.05) is 13.1 Å². The highest BCUT2D eigenvalue weighted by Crippen LogP contribution is 2.08. The van der Waals surface area contributed by atoms with E-state index in [0.717, 1.165) is 0 Å². The number of amides is 1. The Morgan fingerprint density at radius 1 is 1.21 bits per heavy atom. The number of carbonyl (C=O) groups excluding carboxylic acids is 1. The van der Waals surface area contributed by atoms with Gasteiger partial charge in [0.25, 0.3) is 11.5 Å². The van der Waals surface area contributed by atoms with Crippen LogP contribution in [0.4, 0.5) is 0 Å². The Bertz CT molecular complexity index is 479. The average molecular weight is 264 g/mol. The second kappa shape index (κ2) is 6.55. The van der Waals surface area contributed by atoms with Crippen molar-refractivity contribution in [2.45, 2.75) is 27.7 Å². The second-order valence-corrected chi connectivity index (χ2v) is 5.84. The Balaban J connectivity index is 3.04. The molecule has 0 saturated carbocycles. The van der Waals surface area contributed by atoms with Crippen molar-refractivity contribution in [3.05, 3.63) is 34.2 Å². The molecule has 0 saturated heterocycles. The van der Waals surface area contributed by atoms with Crippen molar-refractivity contribution in [3.8, 4) is 0 Å². The van der Waals surface area contributed by atoms with Crippen molar-refractivity contribution in [1.82, 2.24) is 9.47 Å². The fourth-order valence-corrected chi connectivity index (χ4v) is 2.05. The number of carbonyl (C=O) groups is 1. The van der Waals surface area contributed by atoms with Crippen LogP contribution in [0.25, 0.3) is 0 Å². The van der Waals surface area contributed by atoms with E-state index in [1.54, 1.807) is 30.3 Å². The highest BCUT2D eigenvalue weighted by molar-refractivity contribution is 5.93. The van der Waals surface area contributed by atoms with Gasteiger partial charge in [-0.15, -0.1) is 0 Å². The first-order valence-corrected chi connectivity index (χ1v) is 6.77. The van der Waals surface area contributed by atoms with Crippen LogP contribution >= 0.6 is 0 Å². The molecule has 4 nitrogen and oxygen atoms in total. The first kappa shape index (κ1) is 15.5. The van der Waals surface area contributed by atoms with E-state index in [0.29, 0.717) is 24.9 Å². The van der Waals surface area contributed by atoms with Gasteiger partial charge in [0, 0.05) is 26.3 Å². The molecule has 0 atom stereocenters. The van der Waals surface area contributed by atoms with Crippen molar-refractivity contribution in [1.29, 1.82) is 0 Å². The van der Waals surface area contributed by atoms with E-state index in [-0.39, 0.29) is 17.0 Å². The minimum Gasteiger partial charge on any atom is -0.338 e. The smallest absolute Gasteiger partial charge is 0.263 e. The van der Waals surface area contributed by atoms with Crippen molar-refractivity contribution in [2.24, 2.45) is 18.9 Å². The molecule has 0 aliphatic rings. The summed E-state index contributed by atoms with van der Waals surface area (Å²) in [4.78, 5) is 26.3. The molecule has 0 N–H and O–H groups in total. The molecule has 0 aromatic carbocycles. The Labute approximate surface area is 115 Å². The van der Waals surface area contributed by atoms with Gasteiger partial charge in [-0.1, -0.05) is 27.7 Å². The summed E-state index contributed by atoms with van der Waals surface area (Å²) >= 11 is 0. The quantitative estimate of drug-likeness (QED) is 0.817. The third kappa shape index (κ3) is 4.23. The van der Waals surface area contributed by atoms with E-state index in [2.05, 4.69) is 27.7 Å². The zero-order chi connectivity index (χ0) is 14.6. The normalized spacial score (nSPS) is 11.1. The molecule has 1 rings (SSSR count). The Hall–Kier alpha value is -1.58. The van der Waals surface area contributed by atoms with Crippen molar-refractivity contribution < 1.29 is 4.79 Å². The van der Waals surface area contributed by atoms with Gasteiger partial charge in [0.1, 0.15) is 5.56 Å². The topological polar surface area (TPSA) is 42.3 Å². The first-order chi connectivity index (χ1) is 8.82. The van der Waals surface area contributed by atoms with E-state index in [9.17, 15) is 9.59 Å². The van der Waals surface area contributed by atoms with Crippen LogP contribution in [-0.4, -0.2) is 28.5 Å². The van der Waals surface area contributed by atoms with Crippen LogP contribution in [0.2, 0.25) is 0 Å². The molecule has 0 aliphatic heterocycles. The molecule has 1 amide bonds. The average Bonchev–Trinajstić information content (AvgIpc) is 2.30. The zero-order valence-electron chi connectivity index (χ0n) is 12.5. The molecule has 0 aliphatic carbocycles. The van der Waals surface area contributed by atoms with Crippen molar-refractivity contribution >= 4 is 5.91 Å². The number of aryl methyl sites for hydroxylation is 1. The molecule has 4 heteroatoms. The van der Waals surface area contributed by atoms with Gasteiger partial charge in [-0.3, -0.25) is 9.59 Å². The fraction of sp³-hybridized carbons (Fsp3) is 0.600. The van der Waals surface area contributed by atoms with Crippen LogP contribution in [0, 0.1) is 11.8 Å². The fourth-order valence-electron chi connectivity index (χ4n) is 2.05. The summed E-state index contributed by atoms with van der Waals surface area (Å²) in [6.45, 7) is 9.64. The summed E-state index contributed by atoms with van der Waals surface area (Å²) in [5.74, 6) is 0.606. The highest BCUT2D eigenvalue weighted by atomic mass is 16.2. The minimum atomic E-state index is -0.231. The largest absolute Gasteiger partial charge is 0.338 e. The summed E-state index contributed by atoms with van der Waals surface area (Å²) in [6.07, 6.45) is 1.66. The minimum absolute atomic E-state index is 0.163. The molecule has 0 radical (unpaired) electrons. The third-order valence-corrected chi connectivity index (χ3v) is 2.81. The monoisotopic (exact) mass is 264 g/mol. The standard InChI is InChI=1S/C15H24N2O2/c1-11(2)9-17(10-12(3)4)15(19)13-7-6-8-16(5)14(13)18/h6-8,11-12H,9-10H2,1-5H3. The van der Waals surface area contributed by atoms with Gasteiger partial charge in [-0.05, 0) is 24.0 Å². The van der Waals surface area contributed by atoms with Gasteiger partial charge >= 0.3 is 0 Å². The molecular weight excluding hydrogens is 240 g/mol. The van der Waals surface area contributed by atoms with Gasteiger partial charge in [-0.2, -0.15) is 0 Å². The molecule has 0 unspecified atom stereocenters. The summed E-state index contributed by atoms with van der Waals surface area (Å²) in [5, 5.41) is 0. The lowest BCUT2D eigenvalue weighted by Crippen LogP contribution is -2.40. The van der Waals surface area contributed by atoms with Crippen LogP contribution in [0.5, 0.6) is 0 Å². The lowest BCUT2D eigenvalue weighted by Gasteiger charge is -2.26. The van der Waals surface area contributed by atoms with Gasteiger partial charge in [-0.25, -0.2) is 0 Å². The summed E-state index contributed by atoms with van der Waals surface area (Å²) in [5.41, 5.74) is 0.0244. The Kier molecular flexibility index (Phi) is 5.33. The Morgan fingerprint density at radius 3 is 2.21 bits per heavy atom. The maximum absolute atomic E-state index is 12.5. The molecule has 0 spiro atoms. The molecule has 19 heavy (non-hydrogen) atoms.